The molecule has 0 unspecified atom stereocenters. The number of carbonyl (C=O) groups is 2. The Morgan fingerprint density at radius 3 is 2.40 bits per heavy atom. The molecule has 8 nitrogen and oxygen atoms in total. The maximum absolute atomic E-state index is 12.4. The van der Waals surface area contributed by atoms with Gasteiger partial charge in [0, 0.05) is 18.8 Å². The summed E-state index contributed by atoms with van der Waals surface area (Å²) in [5.41, 5.74) is 0.357. The number of nitrogens with one attached hydrogen (secondary N) is 1. The van der Waals surface area contributed by atoms with Gasteiger partial charge in [-0.15, -0.1) is 0 Å². The van der Waals surface area contributed by atoms with Crippen LogP contribution < -0.4 is 4.72 Å². The fraction of sp³-hybridized carbons (Fsp3) is 0.333. The van der Waals surface area contributed by atoms with Gasteiger partial charge in [-0.25, -0.2) is 13.2 Å². The number of nitrogens with zero attached hydrogens (tertiary/aromatic N) is 1. The van der Waals surface area contributed by atoms with Gasteiger partial charge in [-0.1, -0.05) is 24.3 Å². The highest BCUT2D eigenvalue weighted by Gasteiger charge is 2.26. The molecule has 2 aromatic rings. The van der Waals surface area contributed by atoms with E-state index in [2.05, 4.69) is 4.72 Å². The average molecular weight is 432 g/mol. The van der Waals surface area contributed by atoms with E-state index in [1.807, 2.05) is 13.8 Å². The van der Waals surface area contributed by atoms with Crippen LogP contribution in [0.15, 0.2) is 59.5 Å². The summed E-state index contributed by atoms with van der Waals surface area (Å²) in [4.78, 5) is 26.4. The molecule has 1 fully saturated rings. The predicted molar refractivity (Wildman–Crippen MR) is 111 cm³/mol. The Morgan fingerprint density at radius 1 is 1.07 bits per heavy atom. The van der Waals surface area contributed by atoms with Crippen LogP contribution in [0.25, 0.3) is 0 Å². The SMILES string of the molecule is C[C@@H]1CN(C(=O)COC(=O)c2cccc(NS(=O)(=O)c3ccccc3)c2)C[C@@H](C)O1. The number of anilines is 1. The third kappa shape index (κ3) is 5.58. The lowest BCUT2D eigenvalue weighted by atomic mass is 10.2. The van der Waals surface area contributed by atoms with Crippen LogP contribution in [0.3, 0.4) is 0 Å². The van der Waals surface area contributed by atoms with Crippen molar-refractivity contribution in [2.24, 2.45) is 0 Å². The van der Waals surface area contributed by atoms with Gasteiger partial charge in [0.05, 0.1) is 22.7 Å². The molecule has 0 aromatic heterocycles. The Bertz CT molecular complexity index is 999. The summed E-state index contributed by atoms with van der Waals surface area (Å²) in [6, 6.07) is 13.8. The number of hydrogen-bond acceptors (Lipinski definition) is 6. The molecule has 2 atom stereocenters. The van der Waals surface area contributed by atoms with E-state index in [1.54, 1.807) is 23.1 Å². The zero-order chi connectivity index (χ0) is 21.7. The Morgan fingerprint density at radius 2 is 1.73 bits per heavy atom. The summed E-state index contributed by atoms with van der Waals surface area (Å²) in [6.07, 6.45) is -0.162. The quantitative estimate of drug-likeness (QED) is 0.703. The van der Waals surface area contributed by atoms with Crippen molar-refractivity contribution in [1.82, 2.24) is 4.90 Å². The molecule has 2 aromatic carbocycles. The van der Waals surface area contributed by atoms with Crippen LogP contribution >= 0.6 is 0 Å². The minimum Gasteiger partial charge on any atom is -0.452 e. The molecule has 1 aliphatic rings. The molecule has 3 rings (SSSR count). The first-order valence-corrected chi connectivity index (χ1v) is 11.0. The number of benzene rings is 2. The molecule has 30 heavy (non-hydrogen) atoms. The molecule has 1 amide bonds. The molecule has 0 radical (unpaired) electrons. The number of morpholine rings is 1. The summed E-state index contributed by atoms with van der Waals surface area (Å²) in [5.74, 6) is -1.01. The molecule has 0 saturated carbocycles. The maximum atomic E-state index is 12.4. The average Bonchev–Trinajstić information content (AvgIpc) is 2.71. The van der Waals surface area contributed by atoms with Crippen LogP contribution in [0.2, 0.25) is 0 Å². The molecule has 160 valence electrons. The minimum atomic E-state index is -3.78. The van der Waals surface area contributed by atoms with Crippen LogP contribution in [-0.4, -0.2) is 57.1 Å². The van der Waals surface area contributed by atoms with Gasteiger partial charge in [-0.2, -0.15) is 0 Å². The number of amides is 1. The Labute approximate surface area is 175 Å². The van der Waals surface area contributed by atoms with Crippen molar-refractivity contribution in [3.63, 3.8) is 0 Å². The molecule has 9 heteroatoms. The van der Waals surface area contributed by atoms with Crippen molar-refractivity contribution in [1.29, 1.82) is 0 Å². The number of sulfonamides is 1. The second kappa shape index (κ2) is 9.27. The third-order valence-corrected chi connectivity index (χ3v) is 5.90. The van der Waals surface area contributed by atoms with Crippen molar-refractivity contribution >= 4 is 27.6 Å². The van der Waals surface area contributed by atoms with Gasteiger partial charge in [0.25, 0.3) is 15.9 Å². The van der Waals surface area contributed by atoms with Gasteiger partial charge in [0.15, 0.2) is 6.61 Å². The normalized spacial score (nSPS) is 19.2. The predicted octanol–water partition coefficient (Wildman–Crippen LogP) is 2.28. The lowest BCUT2D eigenvalue weighted by molar-refractivity contribution is -0.146. The first-order chi connectivity index (χ1) is 14.2. The molecule has 1 saturated heterocycles. The second-order valence-corrected chi connectivity index (χ2v) is 8.81. The van der Waals surface area contributed by atoms with E-state index in [9.17, 15) is 18.0 Å². The van der Waals surface area contributed by atoms with E-state index in [0.717, 1.165) is 0 Å². The van der Waals surface area contributed by atoms with Crippen molar-refractivity contribution in [2.75, 3.05) is 24.4 Å². The molecule has 0 bridgehead atoms. The summed E-state index contributed by atoms with van der Waals surface area (Å²) < 4.78 is 38.0. The molecule has 1 aliphatic heterocycles. The lowest BCUT2D eigenvalue weighted by Gasteiger charge is -2.35. The summed E-state index contributed by atoms with van der Waals surface area (Å²) in [6.45, 7) is 4.25. The van der Waals surface area contributed by atoms with Gasteiger partial charge < -0.3 is 14.4 Å². The van der Waals surface area contributed by atoms with E-state index < -0.39 is 22.6 Å². The zero-order valence-electron chi connectivity index (χ0n) is 16.8. The highest BCUT2D eigenvalue weighted by Crippen LogP contribution is 2.18. The Hall–Kier alpha value is -2.91. The largest absolute Gasteiger partial charge is 0.452 e. The standard InChI is InChI=1S/C21H24N2O6S/c1-15-12-23(13-16(2)29-15)20(24)14-28-21(25)17-7-6-8-18(11-17)22-30(26,27)19-9-4-3-5-10-19/h3-11,15-16,22H,12-14H2,1-2H3/t15-,16-/m1/s1. The summed E-state index contributed by atoms with van der Waals surface area (Å²) in [7, 11) is -3.78. The second-order valence-electron chi connectivity index (χ2n) is 7.13. The smallest absolute Gasteiger partial charge is 0.338 e. The molecule has 1 N–H and O–H groups in total. The number of rotatable bonds is 6. The van der Waals surface area contributed by atoms with Crippen molar-refractivity contribution < 1.29 is 27.5 Å². The van der Waals surface area contributed by atoms with Crippen LogP contribution in [0.5, 0.6) is 0 Å². The van der Waals surface area contributed by atoms with Gasteiger partial charge in [-0.05, 0) is 44.2 Å². The van der Waals surface area contributed by atoms with E-state index in [0.29, 0.717) is 13.1 Å². The van der Waals surface area contributed by atoms with Gasteiger partial charge >= 0.3 is 5.97 Å². The van der Waals surface area contributed by atoms with Gasteiger partial charge in [0.1, 0.15) is 0 Å². The van der Waals surface area contributed by atoms with Crippen molar-refractivity contribution in [2.45, 2.75) is 31.0 Å². The topological polar surface area (TPSA) is 102 Å². The number of esters is 1. The minimum absolute atomic E-state index is 0.0808. The lowest BCUT2D eigenvalue weighted by Crippen LogP contribution is -2.49. The molecule has 0 spiro atoms. The fourth-order valence-electron chi connectivity index (χ4n) is 3.21. The van der Waals surface area contributed by atoms with Gasteiger partial charge in [-0.3, -0.25) is 9.52 Å². The molecule has 1 heterocycles. The van der Waals surface area contributed by atoms with Gasteiger partial charge in [0.2, 0.25) is 0 Å². The number of hydrogen-bond donors (Lipinski definition) is 1. The highest BCUT2D eigenvalue weighted by atomic mass is 32.2. The summed E-state index contributed by atoms with van der Waals surface area (Å²) >= 11 is 0. The van der Waals surface area contributed by atoms with E-state index in [-0.39, 0.29) is 34.3 Å². The first kappa shape index (κ1) is 21.8. The third-order valence-electron chi connectivity index (χ3n) is 4.50. The van der Waals surface area contributed by atoms with Crippen LogP contribution in [0.1, 0.15) is 24.2 Å². The number of carbonyl (C=O) groups excluding carboxylic acids is 2. The zero-order valence-corrected chi connectivity index (χ0v) is 17.6. The first-order valence-electron chi connectivity index (χ1n) is 9.53. The fourth-order valence-corrected chi connectivity index (χ4v) is 4.28. The Kier molecular flexibility index (Phi) is 6.73. The maximum Gasteiger partial charge on any atom is 0.338 e. The summed E-state index contributed by atoms with van der Waals surface area (Å²) in [5, 5.41) is 0. The van der Waals surface area contributed by atoms with Crippen LogP contribution in [-0.2, 0) is 24.3 Å². The van der Waals surface area contributed by atoms with Crippen LogP contribution in [0, 0.1) is 0 Å². The van der Waals surface area contributed by atoms with Crippen molar-refractivity contribution in [3.05, 3.63) is 60.2 Å². The van der Waals surface area contributed by atoms with E-state index in [4.69, 9.17) is 9.47 Å². The van der Waals surface area contributed by atoms with E-state index in [1.165, 1.54) is 36.4 Å². The Balaban J connectivity index is 1.61. The molecular formula is C21H24N2O6S. The molecule has 0 aliphatic carbocycles. The van der Waals surface area contributed by atoms with Crippen LogP contribution in [0.4, 0.5) is 5.69 Å². The number of ether oxygens (including phenoxy) is 2. The highest BCUT2D eigenvalue weighted by molar-refractivity contribution is 7.92. The van der Waals surface area contributed by atoms with Crippen molar-refractivity contribution in [3.8, 4) is 0 Å². The van der Waals surface area contributed by atoms with E-state index >= 15 is 0 Å². The monoisotopic (exact) mass is 432 g/mol. The molecular weight excluding hydrogens is 408 g/mol.